The largest absolute Gasteiger partial charge is 0.399 e. The van der Waals surface area contributed by atoms with E-state index >= 15 is 0 Å². The van der Waals surface area contributed by atoms with Gasteiger partial charge in [0, 0.05) is 24.3 Å². The first kappa shape index (κ1) is 14.8. The molecule has 1 aromatic heterocycles. The smallest absolute Gasteiger partial charge is 0.238 e. The molecule has 0 aliphatic carbocycles. The Morgan fingerprint density at radius 3 is 2.70 bits per heavy atom. The number of nitrogens with zero attached hydrogens (tertiary/aromatic N) is 1. The Hall–Kier alpha value is -3.08. The number of carbonyl (C=O) groups excluding carboxylic acids is 2. The minimum absolute atomic E-state index is 0.142. The van der Waals surface area contributed by atoms with E-state index in [0.29, 0.717) is 11.4 Å². The van der Waals surface area contributed by atoms with Gasteiger partial charge in [-0.15, -0.1) is 0 Å². The second-order valence-corrected chi connectivity index (χ2v) is 5.42. The quantitative estimate of drug-likeness (QED) is 0.730. The van der Waals surface area contributed by atoms with Crippen LogP contribution < -0.4 is 10.6 Å². The van der Waals surface area contributed by atoms with Crippen LogP contribution in [0.3, 0.4) is 0 Å². The first-order chi connectivity index (χ1) is 11.0. The number of aromatic nitrogens is 1. The molecule has 3 aromatic rings. The summed E-state index contributed by atoms with van der Waals surface area (Å²) in [5, 5.41) is 1.08. The van der Waals surface area contributed by atoms with Gasteiger partial charge in [0.2, 0.25) is 11.8 Å². The number of aromatic amines is 1. The molecule has 3 rings (SSSR count). The van der Waals surface area contributed by atoms with Crippen molar-refractivity contribution < 1.29 is 9.59 Å². The Labute approximate surface area is 133 Å². The van der Waals surface area contributed by atoms with Gasteiger partial charge in [-0.1, -0.05) is 18.2 Å². The fourth-order valence-electron chi connectivity index (χ4n) is 2.62. The van der Waals surface area contributed by atoms with Crippen molar-refractivity contribution in [3.05, 3.63) is 60.3 Å². The molecule has 116 valence electrons. The van der Waals surface area contributed by atoms with E-state index < -0.39 is 0 Å². The van der Waals surface area contributed by atoms with E-state index in [9.17, 15) is 9.59 Å². The van der Waals surface area contributed by atoms with Crippen LogP contribution in [0.4, 0.5) is 11.4 Å². The van der Waals surface area contributed by atoms with Gasteiger partial charge in [-0.3, -0.25) is 14.5 Å². The number of amides is 2. The lowest BCUT2D eigenvalue weighted by molar-refractivity contribution is -0.125. The maximum atomic E-state index is 12.6. The lowest BCUT2D eigenvalue weighted by Crippen LogP contribution is -2.36. The van der Waals surface area contributed by atoms with E-state index in [0.717, 1.165) is 21.4 Å². The van der Waals surface area contributed by atoms with Gasteiger partial charge in [0.1, 0.15) is 0 Å². The van der Waals surface area contributed by atoms with E-state index in [1.54, 1.807) is 24.3 Å². The third kappa shape index (κ3) is 3.08. The van der Waals surface area contributed by atoms with Crippen LogP contribution in [-0.4, -0.2) is 16.8 Å². The van der Waals surface area contributed by atoms with Gasteiger partial charge in [-0.05, 0) is 41.3 Å². The van der Waals surface area contributed by atoms with Crippen LogP contribution in [0.25, 0.3) is 10.9 Å². The highest BCUT2D eigenvalue weighted by atomic mass is 16.2. The highest BCUT2D eigenvalue weighted by Gasteiger charge is 2.20. The maximum absolute atomic E-state index is 12.6. The number of carbonyl (C=O) groups is 2. The normalized spacial score (nSPS) is 10.7. The van der Waals surface area contributed by atoms with Crippen molar-refractivity contribution in [1.29, 1.82) is 0 Å². The monoisotopic (exact) mass is 307 g/mol. The van der Waals surface area contributed by atoms with E-state index in [2.05, 4.69) is 4.98 Å². The van der Waals surface area contributed by atoms with Crippen molar-refractivity contribution in [1.82, 2.24) is 4.98 Å². The summed E-state index contributed by atoms with van der Waals surface area (Å²) in [7, 11) is 0. The summed E-state index contributed by atoms with van der Waals surface area (Å²) < 4.78 is 0. The second kappa shape index (κ2) is 5.96. The van der Waals surface area contributed by atoms with Gasteiger partial charge >= 0.3 is 0 Å². The number of benzene rings is 2. The standard InChI is InChI=1S/C18H17N3O2/c1-12(22)21(16-4-2-3-15(19)11-16)18(23)10-13-5-6-14-7-8-20-17(14)9-13/h2-9,11,20H,10,19H2,1H3. The van der Waals surface area contributed by atoms with E-state index in [1.807, 2.05) is 30.5 Å². The van der Waals surface area contributed by atoms with Crippen LogP contribution in [0.15, 0.2) is 54.7 Å². The van der Waals surface area contributed by atoms with E-state index in [-0.39, 0.29) is 18.2 Å². The van der Waals surface area contributed by atoms with Gasteiger partial charge in [0.15, 0.2) is 0 Å². The van der Waals surface area contributed by atoms with Crippen LogP contribution in [0, 0.1) is 0 Å². The number of H-pyrrole nitrogens is 1. The second-order valence-electron chi connectivity index (χ2n) is 5.42. The van der Waals surface area contributed by atoms with Gasteiger partial charge < -0.3 is 10.7 Å². The van der Waals surface area contributed by atoms with Crippen LogP contribution >= 0.6 is 0 Å². The minimum atomic E-state index is -0.332. The van der Waals surface area contributed by atoms with E-state index in [1.165, 1.54) is 6.92 Å². The molecule has 0 radical (unpaired) electrons. The van der Waals surface area contributed by atoms with Crippen molar-refractivity contribution in [2.45, 2.75) is 13.3 Å². The number of fused-ring (bicyclic) bond motifs is 1. The molecule has 0 aliphatic heterocycles. The van der Waals surface area contributed by atoms with Crippen LogP contribution in [0.1, 0.15) is 12.5 Å². The highest BCUT2D eigenvalue weighted by molar-refractivity contribution is 6.14. The number of hydrogen-bond acceptors (Lipinski definition) is 3. The first-order valence-corrected chi connectivity index (χ1v) is 7.29. The molecule has 2 aromatic carbocycles. The lowest BCUT2D eigenvalue weighted by atomic mass is 10.1. The van der Waals surface area contributed by atoms with Crippen molar-refractivity contribution >= 4 is 34.1 Å². The Kier molecular flexibility index (Phi) is 3.85. The predicted octanol–water partition coefficient (Wildman–Crippen LogP) is 2.87. The minimum Gasteiger partial charge on any atom is -0.399 e. The van der Waals surface area contributed by atoms with Crippen molar-refractivity contribution in [2.75, 3.05) is 10.6 Å². The molecule has 0 unspecified atom stereocenters. The molecule has 5 nitrogen and oxygen atoms in total. The maximum Gasteiger partial charge on any atom is 0.238 e. The molecule has 0 aliphatic rings. The fraction of sp³-hybridized carbons (Fsp3) is 0.111. The Morgan fingerprint density at radius 2 is 1.96 bits per heavy atom. The average Bonchev–Trinajstić information content (AvgIpc) is 2.94. The van der Waals surface area contributed by atoms with Gasteiger partial charge in [0.25, 0.3) is 0 Å². The first-order valence-electron chi connectivity index (χ1n) is 7.29. The topological polar surface area (TPSA) is 79.2 Å². The molecule has 3 N–H and O–H groups in total. The predicted molar refractivity (Wildman–Crippen MR) is 91.0 cm³/mol. The molecule has 0 spiro atoms. The number of rotatable bonds is 3. The molecule has 0 saturated heterocycles. The summed E-state index contributed by atoms with van der Waals surface area (Å²) >= 11 is 0. The summed E-state index contributed by atoms with van der Waals surface area (Å²) in [6, 6.07) is 14.5. The number of nitrogen functional groups attached to an aromatic ring is 1. The van der Waals surface area contributed by atoms with Crippen molar-refractivity contribution in [3.8, 4) is 0 Å². The third-order valence-corrected chi connectivity index (χ3v) is 3.67. The zero-order valence-electron chi connectivity index (χ0n) is 12.7. The SMILES string of the molecule is CC(=O)N(C(=O)Cc1ccc2cc[nH]c2c1)c1cccc(N)c1. The molecule has 2 amide bonds. The molecule has 1 heterocycles. The zero-order chi connectivity index (χ0) is 16.4. The number of hydrogen-bond donors (Lipinski definition) is 2. The summed E-state index contributed by atoms with van der Waals surface area (Å²) in [6.45, 7) is 1.37. The molecule has 23 heavy (non-hydrogen) atoms. The number of nitrogens with two attached hydrogens (primary N) is 1. The van der Waals surface area contributed by atoms with Gasteiger partial charge in [-0.25, -0.2) is 0 Å². The van der Waals surface area contributed by atoms with Crippen molar-refractivity contribution in [3.63, 3.8) is 0 Å². The zero-order valence-corrected chi connectivity index (χ0v) is 12.7. The van der Waals surface area contributed by atoms with Crippen LogP contribution in [-0.2, 0) is 16.0 Å². The van der Waals surface area contributed by atoms with Crippen LogP contribution in [0.2, 0.25) is 0 Å². The number of nitrogens with one attached hydrogen (secondary N) is 1. The average molecular weight is 307 g/mol. The molecule has 5 heteroatoms. The van der Waals surface area contributed by atoms with Gasteiger partial charge in [0.05, 0.1) is 12.1 Å². The molecular formula is C18H17N3O2. The highest BCUT2D eigenvalue weighted by Crippen LogP contribution is 2.20. The van der Waals surface area contributed by atoms with Crippen molar-refractivity contribution in [2.24, 2.45) is 0 Å². The molecule has 0 atom stereocenters. The third-order valence-electron chi connectivity index (χ3n) is 3.67. The molecule has 0 saturated carbocycles. The fourth-order valence-corrected chi connectivity index (χ4v) is 2.62. The van der Waals surface area contributed by atoms with Gasteiger partial charge in [-0.2, -0.15) is 0 Å². The summed E-state index contributed by atoms with van der Waals surface area (Å²) in [6.07, 6.45) is 1.99. The number of imide groups is 1. The summed E-state index contributed by atoms with van der Waals surface area (Å²) in [5.74, 6) is -0.615. The molecule has 0 fully saturated rings. The molecular weight excluding hydrogens is 290 g/mol. The van der Waals surface area contributed by atoms with E-state index in [4.69, 9.17) is 5.73 Å². The Morgan fingerprint density at radius 1 is 1.13 bits per heavy atom. The lowest BCUT2D eigenvalue weighted by Gasteiger charge is -2.19. The summed E-state index contributed by atoms with van der Waals surface area (Å²) in [5.41, 5.74) is 8.56. The summed E-state index contributed by atoms with van der Waals surface area (Å²) in [4.78, 5) is 28.8. The Bertz CT molecular complexity index is 883. The Balaban J connectivity index is 1.88. The van der Waals surface area contributed by atoms with Crippen LogP contribution in [0.5, 0.6) is 0 Å². The number of anilines is 2. The molecule has 0 bridgehead atoms.